The molecule has 0 radical (unpaired) electrons. The predicted molar refractivity (Wildman–Crippen MR) is 119 cm³/mol. The standard InChI is InChI=1S/C22H26N4O3S.ClH/c27-20(21-13-24-10-16(21)12-28-14-21)26-6-2-22(3-7-26)19-15(1-8-29-22)9-18(30-19)17-11-23-4-5-25-17;/h4-5,9,11,16,24H,1-3,6-8,10,12-14H2;1H/t16-,21-;/m0./s1. The summed E-state index contributed by atoms with van der Waals surface area (Å²) in [6.45, 7) is 5.10. The Kier molecular flexibility index (Phi) is 5.55. The molecule has 166 valence electrons. The van der Waals surface area contributed by atoms with Crippen molar-refractivity contribution in [1.29, 1.82) is 0 Å². The zero-order chi connectivity index (χ0) is 20.2. The first kappa shape index (κ1) is 21.3. The minimum absolute atomic E-state index is 0. The van der Waals surface area contributed by atoms with Crippen molar-refractivity contribution in [3.05, 3.63) is 35.1 Å². The van der Waals surface area contributed by atoms with Gasteiger partial charge in [-0.1, -0.05) is 0 Å². The first-order valence-corrected chi connectivity index (χ1v) is 11.6. The maximum Gasteiger partial charge on any atom is 0.232 e. The van der Waals surface area contributed by atoms with Gasteiger partial charge in [0.15, 0.2) is 0 Å². The van der Waals surface area contributed by atoms with Crippen molar-refractivity contribution in [1.82, 2.24) is 20.2 Å². The molecule has 0 bridgehead atoms. The van der Waals surface area contributed by atoms with E-state index in [1.807, 2.05) is 6.20 Å². The lowest BCUT2D eigenvalue weighted by molar-refractivity contribution is -0.150. The minimum atomic E-state index is -0.356. The number of nitrogens with zero attached hydrogens (tertiary/aromatic N) is 3. The van der Waals surface area contributed by atoms with Gasteiger partial charge in [0.05, 0.1) is 42.0 Å². The van der Waals surface area contributed by atoms with Crippen LogP contribution >= 0.6 is 23.7 Å². The van der Waals surface area contributed by atoms with E-state index >= 15 is 0 Å². The Labute approximate surface area is 192 Å². The van der Waals surface area contributed by atoms with Crippen LogP contribution in [0.25, 0.3) is 10.6 Å². The van der Waals surface area contributed by atoms with Crippen molar-refractivity contribution in [2.75, 3.05) is 46.0 Å². The fourth-order valence-electron chi connectivity index (χ4n) is 5.62. The highest BCUT2D eigenvalue weighted by Crippen LogP contribution is 2.48. The number of hydrogen-bond acceptors (Lipinski definition) is 7. The van der Waals surface area contributed by atoms with Crippen molar-refractivity contribution in [2.24, 2.45) is 11.3 Å². The second-order valence-corrected chi connectivity index (χ2v) is 9.99. The molecule has 6 rings (SSSR count). The summed E-state index contributed by atoms with van der Waals surface area (Å²) in [5, 5.41) is 3.41. The highest BCUT2D eigenvalue weighted by molar-refractivity contribution is 7.15. The van der Waals surface area contributed by atoms with Gasteiger partial charge in [0.2, 0.25) is 5.91 Å². The van der Waals surface area contributed by atoms with E-state index in [-0.39, 0.29) is 29.3 Å². The maximum absolute atomic E-state index is 13.5. The Balaban J connectivity index is 0.00000204. The second-order valence-electron chi connectivity index (χ2n) is 8.94. The molecule has 31 heavy (non-hydrogen) atoms. The lowest BCUT2D eigenvalue weighted by Gasteiger charge is -2.45. The van der Waals surface area contributed by atoms with Gasteiger partial charge in [-0.15, -0.1) is 23.7 Å². The molecule has 4 aliphatic rings. The highest BCUT2D eigenvalue weighted by Gasteiger charge is 2.55. The van der Waals surface area contributed by atoms with Crippen LogP contribution in [0.4, 0.5) is 0 Å². The molecule has 0 aromatic carbocycles. The van der Waals surface area contributed by atoms with E-state index in [1.54, 1.807) is 23.7 Å². The zero-order valence-electron chi connectivity index (χ0n) is 17.3. The van der Waals surface area contributed by atoms with E-state index in [1.165, 1.54) is 10.4 Å². The third-order valence-electron chi connectivity index (χ3n) is 7.36. The number of rotatable bonds is 2. The normalized spacial score (nSPS) is 28.8. The maximum atomic E-state index is 13.5. The predicted octanol–water partition coefficient (Wildman–Crippen LogP) is 2.25. The van der Waals surface area contributed by atoms with E-state index in [0.29, 0.717) is 19.1 Å². The third-order valence-corrected chi connectivity index (χ3v) is 8.75. The van der Waals surface area contributed by atoms with Crippen molar-refractivity contribution in [3.63, 3.8) is 0 Å². The molecule has 1 N–H and O–H groups in total. The molecular formula is C22H27ClN4O3S. The zero-order valence-corrected chi connectivity index (χ0v) is 19.0. The lowest BCUT2D eigenvalue weighted by Crippen LogP contribution is -2.54. The summed E-state index contributed by atoms with van der Waals surface area (Å²) >= 11 is 1.78. The van der Waals surface area contributed by atoms with Gasteiger partial charge in [-0.05, 0) is 30.9 Å². The summed E-state index contributed by atoms with van der Waals surface area (Å²) in [4.78, 5) is 26.7. The van der Waals surface area contributed by atoms with Gasteiger partial charge in [0, 0.05) is 49.4 Å². The van der Waals surface area contributed by atoms with Crippen LogP contribution < -0.4 is 5.32 Å². The van der Waals surface area contributed by atoms with Gasteiger partial charge >= 0.3 is 0 Å². The van der Waals surface area contributed by atoms with Crippen LogP contribution in [-0.2, 0) is 26.3 Å². The molecule has 3 saturated heterocycles. The SMILES string of the molecule is Cl.O=C(N1CCC2(CC1)OCCc1cc(-c3cnccn3)sc12)[C@]12CNC[C@H]1COC2. The number of likely N-dealkylation sites (tertiary alicyclic amines) is 1. The van der Waals surface area contributed by atoms with Gasteiger partial charge in [0.1, 0.15) is 5.60 Å². The number of carbonyl (C=O) groups excluding carboxylic acids is 1. The average Bonchev–Trinajstić information content (AvgIpc) is 3.49. The Morgan fingerprint density at radius 2 is 2.16 bits per heavy atom. The number of hydrogen-bond donors (Lipinski definition) is 1. The fraction of sp³-hybridized carbons (Fsp3) is 0.591. The van der Waals surface area contributed by atoms with E-state index in [9.17, 15) is 4.79 Å². The van der Waals surface area contributed by atoms with Gasteiger partial charge in [-0.25, -0.2) is 0 Å². The third kappa shape index (κ3) is 3.31. The number of halogens is 1. The van der Waals surface area contributed by atoms with Crippen molar-refractivity contribution in [2.45, 2.75) is 24.9 Å². The van der Waals surface area contributed by atoms with Crippen molar-refractivity contribution < 1.29 is 14.3 Å². The van der Waals surface area contributed by atoms with Crippen molar-refractivity contribution in [3.8, 4) is 10.6 Å². The number of ether oxygens (including phenoxy) is 2. The number of carbonyl (C=O) groups is 1. The summed E-state index contributed by atoms with van der Waals surface area (Å²) in [7, 11) is 0. The number of piperidine rings is 1. The van der Waals surface area contributed by atoms with Crippen LogP contribution in [0.2, 0.25) is 0 Å². The molecule has 2 aromatic heterocycles. The number of nitrogens with one attached hydrogen (secondary N) is 1. The number of fused-ring (bicyclic) bond motifs is 3. The van der Waals surface area contributed by atoms with Crippen molar-refractivity contribution >= 4 is 29.7 Å². The molecule has 0 aliphatic carbocycles. The monoisotopic (exact) mass is 462 g/mol. The van der Waals surface area contributed by atoms with E-state index in [2.05, 4.69) is 26.3 Å². The summed E-state index contributed by atoms with van der Waals surface area (Å²) in [5.74, 6) is 0.581. The van der Waals surface area contributed by atoms with E-state index in [4.69, 9.17) is 9.47 Å². The lowest BCUT2D eigenvalue weighted by atomic mass is 9.78. The van der Waals surface area contributed by atoms with Gasteiger partial charge in [0.25, 0.3) is 0 Å². The summed E-state index contributed by atoms with van der Waals surface area (Å²) in [6, 6.07) is 2.26. The topological polar surface area (TPSA) is 76.6 Å². The van der Waals surface area contributed by atoms with Crippen LogP contribution in [0.1, 0.15) is 23.3 Å². The van der Waals surface area contributed by atoms with Crippen LogP contribution in [-0.4, -0.2) is 66.8 Å². The molecule has 9 heteroatoms. The van der Waals surface area contributed by atoms with E-state index in [0.717, 1.165) is 62.6 Å². The minimum Gasteiger partial charge on any atom is -0.380 e. The fourth-order valence-corrected chi connectivity index (χ4v) is 7.00. The molecule has 4 aliphatic heterocycles. The highest BCUT2D eigenvalue weighted by atomic mass is 35.5. The number of amides is 1. The quantitative estimate of drug-likeness (QED) is 0.737. The number of thiophene rings is 1. The largest absolute Gasteiger partial charge is 0.380 e. The summed E-state index contributed by atoms with van der Waals surface area (Å²) < 4.78 is 12.1. The van der Waals surface area contributed by atoms with Gasteiger partial charge in [-0.3, -0.25) is 14.8 Å². The molecular weight excluding hydrogens is 436 g/mol. The Bertz CT molecular complexity index is 951. The molecule has 6 heterocycles. The first-order valence-electron chi connectivity index (χ1n) is 10.8. The van der Waals surface area contributed by atoms with Gasteiger partial charge in [-0.2, -0.15) is 0 Å². The molecule has 1 amide bonds. The molecule has 7 nitrogen and oxygen atoms in total. The Morgan fingerprint density at radius 3 is 2.97 bits per heavy atom. The molecule has 3 fully saturated rings. The Morgan fingerprint density at radius 1 is 1.29 bits per heavy atom. The average molecular weight is 463 g/mol. The second kappa shape index (κ2) is 8.08. The summed E-state index contributed by atoms with van der Waals surface area (Å²) in [6.07, 6.45) is 7.89. The first-order chi connectivity index (χ1) is 14.7. The molecule has 1 spiro atoms. The van der Waals surface area contributed by atoms with Crippen LogP contribution in [0.5, 0.6) is 0 Å². The molecule has 0 unspecified atom stereocenters. The molecule has 2 atom stereocenters. The van der Waals surface area contributed by atoms with Crippen LogP contribution in [0.3, 0.4) is 0 Å². The summed E-state index contributed by atoms with van der Waals surface area (Å²) in [5.41, 5.74) is 1.66. The molecule has 0 saturated carbocycles. The van der Waals surface area contributed by atoms with Crippen LogP contribution in [0.15, 0.2) is 24.7 Å². The Hall–Kier alpha value is -1.58. The molecule has 2 aromatic rings. The number of aromatic nitrogens is 2. The van der Waals surface area contributed by atoms with Gasteiger partial charge < -0.3 is 19.7 Å². The van der Waals surface area contributed by atoms with Crippen LogP contribution in [0, 0.1) is 11.3 Å². The van der Waals surface area contributed by atoms with E-state index < -0.39 is 0 Å². The smallest absolute Gasteiger partial charge is 0.232 e.